The molecule has 214 valence electrons. The van der Waals surface area contributed by atoms with Gasteiger partial charge in [-0.3, -0.25) is 4.79 Å². The van der Waals surface area contributed by atoms with Gasteiger partial charge < -0.3 is 25.0 Å². The molecule has 4 aromatic rings. The number of carbonyl (C=O) groups is 1. The first kappa shape index (κ1) is 35.2. The summed E-state index contributed by atoms with van der Waals surface area (Å²) < 4.78 is 50.1. The van der Waals surface area contributed by atoms with Crippen molar-refractivity contribution in [3.63, 3.8) is 0 Å². The molecular formula is C20H17Cl2F3KN8O6P. The Morgan fingerprint density at radius 1 is 1.10 bits per heavy atom. The van der Waals surface area contributed by atoms with E-state index in [2.05, 4.69) is 20.2 Å². The number of alkyl halides is 3. The van der Waals surface area contributed by atoms with Gasteiger partial charge in [-0.1, -0.05) is 29.7 Å². The first-order valence-electron chi connectivity index (χ1n) is 10.5. The quantitative estimate of drug-likeness (QED) is 0.108. The Labute approximate surface area is 280 Å². The Morgan fingerprint density at radius 3 is 2.24 bits per heavy atom. The molecule has 1 amide bonds. The molecule has 4 rings (SSSR count). The molecule has 5 N–H and O–H groups in total. The SMILES string of the molecule is NC(=O)c1nc(Cn2nc(-c3ccc(Cl)cc3)n(C[CH-]C(F)(F)F)c2=O)nn1-c1ncccc1Cl.O=P(O)(O)O.[K+]. The number of carbonyl (C=O) groups excluding carboxylic acids is 1. The summed E-state index contributed by atoms with van der Waals surface area (Å²) in [5.74, 6) is -1.29. The molecule has 3 aromatic heterocycles. The average molecular weight is 663 g/mol. The maximum absolute atomic E-state index is 13.0. The van der Waals surface area contributed by atoms with Crippen molar-refractivity contribution in [3.05, 3.63) is 81.2 Å². The topological polar surface area (TPSA) is 204 Å². The normalized spacial score (nSPS) is 11.4. The Kier molecular flexibility index (Phi) is 12.4. The van der Waals surface area contributed by atoms with Crippen LogP contribution in [0, 0.1) is 6.42 Å². The summed E-state index contributed by atoms with van der Waals surface area (Å²) in [5.41, 5.74) is 4.89. The van der Waals surface area contributed by atoms with Crippen molar-refractivity contribution < 1.29 is 88.6 Å². The monoisotopic (exact) mass is 662 g/mol. The minimum atomic E-state index is -4.64. The van der Waals surface area contributed by atoms with Crippen molar-refractivity contribution >= 4 is 36.9 Å². The molecule has 0 radical (unpaired) electrons. The zero-order valence-corrected chi connectivity index (χ0v) is 26.2. The third-order valence-electron chi connectivity index (χ3n) is 4.63. The molecule has 0 saturated carbocycles. The molecule has 1 aromatic carbocycles. The fourth-order valence-corrected chi connectivity index (χ4v) is 3.44. The second-order valence-electron chi connectivity index (χ2n) is 7.58. The zero-order chi connectivity index (χ0) is 29.8. The van der Waals surface area contributed by atoms with Gasteiger partial charge in [-0.2, -0.15) is 4.68 Å². The molecule has 0 aliphatic carbocycles. The van der Waals surface area contributed by atoms with Crippen molar-refractivity contribution in [1.29, 1.82) is 0 Å². The molecule has 0 saturated heterocycles. The summed E-state index contributed by atoms with van der Waals surface area (Å²) in [6.45, 7) is -1.16. The van der Waals surface area contributed by atoms with Gasteiger partial charge >= 0.3 is 64.9 Å². The molecule has 0 bridgehead atoms. The largest absolute Gasteiger partial charge is 1.00 e. The minimum absolute atomic E-state index is 0. The Balaban J connectivity index is 0.000000902. The van der Waals surface area contributed by atoms with E-state index < -0.39 is 32.1 Å². The molecule has 0 atom stereocenters. The van der Waals surface area contributed by atoms with E-state index in [1.807, 2.05) is 0 Å². The summed E-state index contributed by atoms with van der Waals surface area (Å²) >= 11 is 12.0. The van der Waals surface area contributed by atoms with E-state index >= 15 is 0 Å². The average Bonchev–Trinajstić information content (AvgIpc) is 3.38. The Hall–Kier alpha value is -1.96. The summed E-state index contributed by atoms with van der Waals surface area (Å²) in [7, 11) is -4.64. The number of rotatable bonds is 7. The van der Waals surface area contributed by atoms with E-state index in [9.17, 15) is 22.8 Å². The Morgan fingerprint density at radius 2 is 1.71 bits per heavy atom. The second kappa shape index (κ2) is 14.5. The summed E-state index contributed by atoms with van der Waals surface area (Å²) in [6, 6.07) is 9.13. The van der Waals surface area contributed by atoms with Crippen LogP contribution in [0.5, 0.6) is 0 Å². The van der Waals surface area contributed by atoms with Crippen LogP contribution in [0.25, 0.3) is 17.2 Å². The van der Waals surface area contributed by atoms with E-state index in [4.69, 9.17) is 48.2 Å². The number of amides is 1. The summed E-state index contributed by atoms with van der Waals surface area (Å²) in [4.78, 5) is 54.5. The van der Waals surface area contributed by atoms with Crippen LogP contribution in [0.3, 0.4) is 0 Å². The number of nitrogens with zero attached hydrogens (tertiary/aromatic N) is 7. The van der Waals surface area contributed by atoms with Gasteiger partial charge in [0.1, 0.15) is 6.54 Å². The van der Waals surface area contributed by atoms with Gasteiger partial charge in [-0.25, -0.2) is 43.6 Å². The van der Waals surface area contributed by atoms with Gasteiger partial charge in [0.2, 0.25) is 5.82 Å². The molecule has 3 heterocycles. The number of halogens is 5. The van der Waals surface area contributed by atoms with Crippen LogP contribution >= 0.6 is 31.0 Å². The maximum Gasteiger partial charge on any atom is 1.00 e. The molecule has 0 aliphatic rings. The van der Waals surface area contributed by atoms with E-state index in [0.717, 1.165) is 13.9 Å². The van der Waals surface area contributed by atoms with Gasteiger partial charge in [-0.15, -0.1) is 10.2 Å². The van der Waals surface area contributed by atoms with Crippen LogP contribution < -0.4 is 62.8 Å². The van der Waals surface area contributed by atoms with E-state index in [1.165, 1.54) is 36.5 Å². The van der Waals surface area contributed by atoms with Crippen LogP contribution in [0.15, 0.2) is 47.4 Å². The molecule has 14 nitrogen and oxygen atoms in total. The van der Waals surface area contributed by atoms with Crippen LogP contribution in [-0.2, 0) is 17.7 Å². The first-order valence-corrected chi connectivity index (χ1v) is 12.8. The van der Waals surface area contributed by atoms with Gasteiger partial charge in [0.15, 0.2) is 17.5 Å². The predicted molar refractivity (Wildman–Crippen MR) is 133 cm³/mol. The van der Waals surface area contributed by atoms with Crippen molar-refractivity contribution in [2.45, 2.75) is 19.3 Å². The van der Waals surface area contributed by atoms with E-state index in [-0.39, 0.29) is 92.7 Å². The van der Waals surface area contributed by atoms with Gasteiger partial charge in [-0.05, 0) is 36.4 Å². The Bertz CT molecular complexity index is 1620. The van der Waals surface area contributed by atoms with Crippen molar-refractivity contribution in [2.24, 2.45) is 5.73 Å². The molecule has 0 fully saturated rings. The number of nitrogens with two attached hydrogens (primary N) is 1. The summed E-state index contributed by atoms with van der Waals surface area (Å²) in [5, 5.41) is 8.87. The number of hydrogen-bond donors (Lipinski definition) is 4. The zero-order valence-electron chi connectivity index (χ0n) is 20.6. The minimum Gasteiger partial charge on any atom is -0.363 e. The number of hydrogen-bond acceptors (Lipinski definition) is 7. The molecule has 0 unspecified atom stereocenters. The predicted octanol–water partition coefficient (Wildman–Crippen LogP) is -1.02. The molecule has 41 heavy (non-hydrogen) atoms. The molecule has 0 spiro atoms. The van der Waals surface area contributed by atoms with Crippen molar-refractivity contribution in [2.75, 3.05) is 0 Å². The standard InChI is InChI=1S/C20H14Cl2F3N8O2.K.H3O4P/c21-12-5-3-11(4-6-12)16-30-32(19(35)31(16)9-7-20(23,24)25)10-14-28-18(15(26)34)33(29-14)17-13(22)2-1-8-27-17;;1-5(2,3)4/h1-8H,9-10H2,(H2,26,34);;(H3,1,2,3,4)/q-1;+1;. The number of benzene rings is 1. The van der Waals surface area contributed by atoms with E-state index in [1.54, 1.807) is 6.07 Å². The van der Waals surface area contributed by atoms with Crippen LogP contribution in [0.2, 0.25) is 10.0 Å². The van der Waals surface area contributed by atoms with E-state index in [0.29, 0.717) is 10.6 Å². The molecular weight excluding hydrogens is 646 g/mol. The van der Waals surface area contributed by atoms with Gasteiger partial charge in [0.05, 0.1) is 5.02 Å². The third kappa shape index (κ3) is 10.4. The van der Waals surface area contributed by atoms with Crippen molar-refractivity contribution in [1.82, 2.24) is 34.1 Å². The van der Waals surface area contributed by atoms with Crippen LogP contribution in [0.1, 0.15) is 16.4 Å². The smallest absolute Gasteiger partial charge is 0.363 e. The van der Waals surface area contributed by atoms with Gasteiger partial charge in [0.25, 0.3) is 12.1 Å². The number of aromatic nitrogens is 7. The van der Waals surface area contributed by atoms with Crippen LogP contribution in [-0.4, -0.2) is 60.9 Å². The third-order valence-corrected chi connectivity index (χ3v) is 5.18. The first-order chi connectivity index (χ1) is 18.5. The fourth-order valence-electron chi connectivity index (χ4n) is 3.11. The van der Waals surface area contributed by atoms with Crippen LogP contribution in [0.4, 0.5) is 13.2 Å². The second-order valence-corrected chi connectivity index (χ2v) is 9.45. The maximum atomic E-state index is 13.0. The number of primary amides is 1. The summed E-state index contributed by atoms with van der Waals surface area (Å²) in [6.07, 6.45) is -3.17. The molecule has 21 heteroatoms. The number of pyridine rings is 1. The number of phosphoric acid groups is 1. The van der Waals surface area contributed by atoms with Crippen molar-refractivity contribution in [3.8, 4) is 17.2 Å². The van der Waals surface area contributed by atoms with Gasteiger partial charge in [0, 0.05) is 16.8 Å². The fraction of sp³-hybridized carbons (Fsp3) is 0.150. The molecule has 0 aliphatic heterocycles.